The molecule has 146 valence electrons. The van der Waals surface area contributed by atoms with Crippen LogP contribution in [0.1, 0.15) is 11.6 Å². The van der Waals surface area contributed by atoms with Crippen molar-refractivity contribution in [2.75, 3.05) is 5.32 Å². The topological polar surface area (TPSA) is 110 Å². The van der Waals surface area contributed by atoms with E-state index in [1.54, 1.807) is 17.6 Å². The van der Waals surface area contributed by atoms with E-state index in [0.717, 1.165) is 6.07 Å². The van der Waals surface area contributed by atoms with Crippen LogP contribution in [0.15, 0.2) is 29.0 Å². The van der Waals surface area contributed by atoms with Crippen molar-refractivity contribution in [1.29, 1.82) is 0 Å². The molecule has 0 unspecified atom stereocenters. The third kappa shape index (κ3) is 2.95. The summed E-state index contributed by atoms with van der Waals surface area (Å²) in [5, 5.41) is 6.99. The number of rotatable bonds is 4. The standard InChI is InChI=1S/C17H11ClF2N8O/c1-7-4-11(27-29-7)28-6-22-14-15(25-17(18)26-16(14)28)21-5-10-23-9-3-2-8(19)12(20)13(9)24-10/h2-4,6H,5H2,1H3,(H,23,24)(H,21,25,26). The number of benzene rings is 1. The Morgan fingerprint density at radius 1 is 1.21 bits per heavy atom. The average Bonchev–Trinajstić information content (AvgIpc) is 3.40. The van der Waals surface area contributed by atoms with E-state index in [9.17, 15) is 8.78 Å². The second kappa shape index (κ2) is 6.48. The molecule has 4 aromatic heterocycles. The third-order valence-electron chi connectivity index (χ3n) is 4.25. The van der Waals surface area contributed by atoms with Crippen molar-refractivity contribution in [3.05, 3.63) is 53.0 Å². The minimum absolute atomic E-state index is 0.000289. The van der Waals surface area contributed by atoms with E-state index in [1.807, 2.05) is 0 Å². The summed E-state index contributed by atoms with van der Waals surface area (Å²) in [5.74, 6) is -0.0834. The zero-order valence-electron chi connectivity index (χ0n) is 14.7. The lowest BCUT2D eigenvalue weighted by Gasteiger charge is -2.05. The highest BCUT2D eigenvalue weighted by molar-refractivity contribution is 6.28. The summed E-state index contributed by atoms with van der Waals surface area (Å²) in [4.78, 5) is 19.7. The van der Waals surface area contributed by atoms with Crippen molar-refractivity contribution in [3.8, 4) is 5.82 Å². The zero-order chi connectivity index (χ0) is 20.1. The molecular formula is C17H11ClF2N8O. The van der Waals surface area contributed by atoms with Crippen molar-refractivity contribution in [1.82, 2.24) is 34.6 Å². The first-order valence-electron chi connectivity index (χ1n) is 8.40. The van der Waals surface area contributed by atoms with Crippen LogP contribution in [0.5, 0.6) is 0 Å². The third-order valence-corrected chi connectivity index (χ3v) is 4.42. The lowest BCUT2D eigenvalue weighted by atomic mass is 10.3. The number of imidazole rings is 2. The predicted molar refractivity (Wildman–Crippen MR) is 99.8 cm³/mol. The van der Waals surface area contributed by atoms with E-state index in [-0.39, 0.29) is 17.3 Å². The second-order valence-corrected chi connectivity index (χ2v) is 6.56. The number of H-pyrrole nitrogens is 1. The highest BCUT2D eigenvalue weighted by atomic mass is 35.5. The number of anilines is 1. The van der Waals surface area contributed by atoms with Gasteiger partial charge in [-0.05, 0) is 30.7 Å². The first-order chi connectivity index (χ1) is 14.0. The molecule has 0 radical (unpaired) electrons. The monoisotopic (exact) mass is 416 g/mol. The van der Waals surface area contributed by atoms with Gasteiger partial charge in [0.05, 0.1) is 12.1 Å². The Morgan fingerprint density at radius 3 is 2.86 bits per heavy atom. The van der Waals surface area contributed by atoms with Gasteiger partial charge in [-0.25, -0.2) is 18.7 Å². The van der Waals surface area contributed by atoms with Crippen LogP contribution in [0.4, 0.5) is 14.6 Å². The van der Waals surface area contributed by atoms with Crippen LogP contribution < -0.4 is 5.32 Å². The minimum Gasteiger partial charge on any atom is -0.361 e. The van der Waals surface area contributed by atoms with Crippen molar-refractivity contribution in [3.63, 3.8) is 0 Å². The van der Waals surface area contributed by atoms with Crippen molar-refractivity contribution >= 4 is 39.6 Å². The van der Waals surface area contributed by atoms with Crippen LogP contribution in [0, 0.1) is 18.6 Å². The maximum atomic E-state index is 13.9. The molecule has 29 heavy (non-hydrogen) atoms. The molecule has 1 aromatic carbocycles. The highest BCUT2D eigenvalue weighted by Gasteiger charge is 2.17. The average molecular weight is 417 g/mol. The van der Waals surface area contributed by atoms with Gasteiger partial charge in [0.15, 0.2) is 34.4 Å². The van der Waals surface area contributed by atoms with E-state index in [4.69, 9.17) is 16.1 Å². The van der Waals surface area contributed by atoms with Crippen molar-refractivity contribution < 1.29 is 13.3 Å². The highest BCUT2D eigenvalue weighted by Crippen LogP contribution is 2.24. The number of hydrogen-bond donors (Lipinski definition) is 2. The van der Waals surface area contributed by atoms with Crippen LogP contribution in [0.25, 0.3) is 28.0 Å². The molecule has 5 rings (SSSR count). The summed E-state index contributed by atoms with van der Waals surface area (Å²) in [7, 11) is 0. The molecule has 0 bridgehead atoms. The van der Waals surface area contributed by atoms with Gasteiger partial charge in [-0.1, -0.05) is 5.16 Å². The molecule has 0 amide bonds. The molecule has 0 aliphatic carbocycles. The Labute approximate surface area is 165 Å². The molecule has 9 nitrogen and oxygen atoms in total. The Bertz CT molecular complexity index is 1380. The molecule has 0 saturated heterocycles. The summed E-state index contributed by atoms with van der Waals surface area (Å²) in [6, 6.07) is 4.19. The van der Waals surface area contributed by atoms with E-state index in [1.165, 1.54) is 12.4 Å². The largest absolute Gasteiger partial charge is 0.361 e. The Hall–Kier alpha value is -3.60. The first-order valence-corrected chi connectivity index (χ1v) is 8.78. The zero-order valence-corrected chi connectivity index (χ0v) is 15.5. The van der Waals surface area contributed by atoms with Crippen LogP contribution in [-0.4, -0.2) is 34.6 Å². The number of hydrogen-bond acceptors (Lipinski definition) is 7. The quantitative estimate of drug-likeness (QED) is 0.431. The molecule has 0 spiro atoms. The van der Waals surface area contributed by atoms with Gasteiger partial charge >= 0.3 is 0 Å². The van der Waals surface area contributed by atoms with Crippen molar-refractivity contribution in [2.24, 2.45) is 0 Å². The summed E-state index contributed by atoms with van der Waals surface area (Å²) in [6.45, 7) is 1.92. The molecular weight excluding hydrogens is 406 g/mol. The number of fused-ring (bicyclic) bond motifs is 2. The van der Waals surface area contributed by atoms with Crippen LogP contribution >= 0.6 is 11.6 Å². The molecule has 4 heterocycles. The molecule has 0 saturated carbocycles. The molecule has 12 heteroatoms. The second-order valence-electron chi connectivity index (χ2n) is 6.22. The number of nitrogens with one attached hydrogen (secondary N) is 2. The van der Waals surface area contributed by atoms with Gasteiger partial charge in [0.2, 0.25) is 5.28 Å². The van der Waals surface area contributed by atoms with E-state index >= 15 is 0 Å². The van der Waals surface area contributed by atoms with Gasteiger partial charge in [-0.2, -0.15) is 9.97 Å². The Morgan fingerprint density at radius 2 is 2.07 bits per heavy atom. The maximum absolute atomic E-state index is 13.9. The number of aryl methyl sites for hydroxylation is 1. The smallest absolute Gasteiger partial charge is 0.226 e. The fourth-order valence-electron chi connectivity index (χ4n) is 2.95. The summed E-state index contributed by atoms with van der Waals surface area (Å²) in [5.41, 5.74) is 1.19. The number of halogens is 3. The Kier molecular flexibility index (Phi) is 3.91. The van der Waals surface area contributed by atoms with Gasteiger partial charge in [-0.3, -0.25) is 4.57 Å². The molecule has 0 fully saturated rings. The maximum Gasteiger partial charge on any atom is 0.226 e. The van der Waals surface area contributed by atoms with Gasteiger partial charge < -0.3 is 14.8 Å². The summed E-state index contributed by atoms with van der Waals surface area (Å²) >= 11 is 6.07. The normalized spacial score (nSPS) is 11.6. The fourth-order valence-corrected chi connectivity index (χ4v) is 3.12. The van der Waals surface area contributed by atoms with Gasteiger partial charge in [-0.15, -0.1) is 0 Å². The number of nitrogens with zero attached hydrogens (tertiary/aromatic N) is 6. The minimum atomic E-state index is -1.00. The molecule has 0 atom stereocenters. The predicted octanol–water partition coefficient (Wildman–Crippen LogP) is 3.53. The molecule has 0 aliphatic heterocycles. The van der Waals surface area contributed by atoms with Gasteiger partial charge in [0.25, 0.3) is 0 Å². The number of aromatic nitrogens is 7. The van der Waals surface area contributed by atoms with Crippen molar-refractivity contribution in [2.45, 2.75) is 13.5 Å². The Balaban J connectivity index is 1.49. The summed E-state index contributed by atoms with van der Waals surface area (Å²) < 4.78 is 33.9. The molecule has 2 N–H and O–H groups in total. The number of aromatic amines is 1. The molecule has 0 aliphatic rings. The van der Waals surface area contributed by atoms with E-state index in [2.05, 4.69) is 35.4 Å². The van der Waals surface area contributed by atoms with Gasteiger partial charge in [0.1, 0.15) is 23.4 Å². The van der Waals surface area contributed by atoms with E-state index < -0.39 is 11.6 Å². The van der Waals surface area contributed by atoms with Gasteiger partial charge in [0, 0.05) is 6.07 Å². The van der Waals surface area contributed by atoms with Crippen LogP contribution in [-0.2, 0) is 6.54 Å². The molecule has 5 aromatic rings. The lowest BCUT2D eigenvalue weighted by Crippen LogP contribution is -2.05. The SMILES string of the molecule is Cc1cc(-n2cnc3c(NCc4nc5c(F)c(F)ccc5[nH]4)nc(Cl)nc32)no1. The first kappa shape index (κ1) is 17.5. The summed E-state index contributed by atoms with van der Waals surface area (Å²) in [6.07, 6.45) is 1.53. The fraction of sp³-hybridized carbons (Fsp3) is 0.118. The lowest BCUT2D eigenvalue weighted by molar-refractivity contribution is 0.395. The van der Waals surface area contributed by atoms with Crippen LogP contribution in [0.2, 0.25) is 5.28 Å². The van der Waals surface area contributed by atoms with Crippen LogP contribution in [0.3, 0.4) is 0 Å². The van der Waals surface area contributed by atoms with E-state index in [0.29, 0.717) is 39.9 Å².